The van der Waals surface area contributed by atoms with Crippen molar-refractivity contribution in [2.24, 2.45) is 10.9 Å². The minimum atomic E-state index is -0.495. The molecule has 8 nitrogen and oxygen atoms in total. The molecule has 1 amide bonds. The van der Waals surface area contributed by atoms with Crippen molar-refractivity contribution in [1.82, 2.24) is 20.4 Å². The Bertz CT molecular complexity index is 576. The van der Waals surface area contributed by atoms with Crippen LogP contribution >= 0.6 is 0 Å². The summed E-state index contributed by atoms with van der Waals surface area (Å²) in [7, 11) is 3.83. The number of amides is 1. The number of alkyl carbamates (subject to hydrolysis) is 1. The highest BCUT2D eigenvalue weighted by Gasteiger charge is 2.32. The molecule has 2 aliphatic rings. The van der Waals surface area contributed by atoms with Crippen LogP contribution in [0.1, 0.15) is 53.9 Å². The fourth-order valence-electron chi connectivity index (χ4n) is 4.07. The lowest BCUT2D eigenvalue weighted by Crippen LogP contribution is -2.52. The summed E-state index contributed by atoms with van der Waals surface area (Å²) in [5, 5.41) is 6.47. The molecule has 0 radical (unpaired) electrons. The molecule has 174 valence electrons. The maximum Gasteiger partial charge on any atom is 0.407 e. The number of hydrogen-bond acceptors (Lipinski definition) is 5. The first-order valence-electron chi connectivity index (χ1n) is 11.4. The standard InChI is InChI=1S/C22H43N5O3/c1-16(2)19(25-21(28)30-22(3,4)5)10-12-26(7)20(23-6)24-13-18-14-27-11-8-9-17(27)15-29-18/h16-19H,8-15H2,1-7H3,(H,23,24)(H,25,28). The van der Waals surface area contributed by atoms with Crippen LogP contribution < -0.4 is 10.6 Å². The topological polar surface area (TPSA) is 78.4 Å². The highest BCUT2D eigenvalue weighted by atomic mass is 16.6. The lowest BCUT2D eigenvalue weighted by Gasteiger charge is -2.36. The molecule has 0 aliphatic carbocycles. The Kier molecular flexibility index (Phi) is 9.22. The fourth-order valence-corrected chi connectivity index (χ4v) is 4.07. The fraction of sp³-hybridized carbons (Fsp3) is 0.909. The van der Waals surface area contributed by atoms with Crippen LogP contribution in [-0.4, -0.2) is 92.5 Å². The Balaban J connectivity index is 1.77. The predicted molar refractivity (Wildman–Crippen MR) is 121 cm³/mol. The normalized spacial score (nSPS) is 23.8. The van der Waals surface area contributed by atoms with E-state index in [1.807, 2.05) is 27.8 Å². The lowest BCUT2D eigenvalue weighted by molar-refractivity contribution is -0.0454. The Morgan fingerprint density at radius 1 is 1.37 bits per heavy atom. The number of aliphatic imine (C=N–C) groups is 1. The van der Waals surface area contributed by atoms with E-state index in [0.29, 0.717) is 12.0 Å². The average molecular weight is 426 g/mol. The van der Waals surface area contributed by atoms with Crippen LogP contribution in [0.5, 0.6) is 0 Å². The lowest BCUT2D eigenvalue weighted by atomic mass is 10.0. The minimum absolute atomic E-state index is 0.0363. The number of nitrogens with zero attached hydrogens (tertiary/aromatic N) is 3. The molecular weight excluding hydrogens is 382 g/mol. The SMILES string of the molecule is CN=C(NCC1CN2CCCC2CO1)N(C)CCC(NC(=O)OC(C)(C)C)C(C)C. The van der Waals surface area contributed by atoms with Crippen molar-refractivity contribution in [1.29, 1.82) is 0 Å². The molecule has 0 aromatic heterocycles. The quantitative estimate of drug-likeness (QED) is 0.481. The van der Waals surface area contributed by atoms with E-state index in [0.717, 1.165) is 38.6 Å². The summed E-state index contributed by atoms with van der Waals surface area (Å²) >= 11 is 0. The van der Waals surface area contributed by atoms with Crippen LogP contribution in [0, 0.1) is 5.92 Å². The Labute approximate surface area is 182 Å². The predicted octanol–water partition coefficient (Wildman–Crippen LogP) is 2.30. The van der Waals surface area contributed by atoms with Gasteiger partial charge in [0, 0.05) is 45.8 Å². The molecular formula is C22H43N5O3. The molecule has 2 heterocycles. The molecule has 0 bridgehead atoms. The summed E-state index contributed by atoms with van der Waals surface area (Å²) in [5.41, 5.74) is -0.495. The van der Waals surface area contributed by atoms with Gasteiger partial charge in [0.1, 0.15) is 5.60 Å². The number of ether oxygens (including phenoxy) is 2. The maximum atomic E-state index is 12.2. The van der Waals surface area contributed by atoms with Crippen molar-refractivity contribution < 1.29 is 14.3 Å². The molecule has 8 heteroatoms. The summed E-state index contributed by atoms with van der Waals surface area (Å²) in [6.07, 6.45) is 3.19. The van der Waals surface area contributed by atoms with Gasteiger partial charge in [-0.2, -0.15) is 0 Å². The van der Waals surface area contributed by atoms with Crippen molar-refractivity contribution in [3.63, 3.8) is 0 Å². The van der Waals surface area contributed by atoms with Crippen LogP contribution in [0.3, 0.4) is 0 Å². The average Bonchev–Trinajstić information content (AvgIpc) is 3.11. The van der Waals surface area contributed by atoms with Crippen LogP contribution in [0.25, 0.3) is 0 Å². The Morgan fingerprint density at radius 3 is 2.73 bits per heavy atom. The molecule has 0 saturated carbocycles. The molecule has 3 atom stereocenters. The summed E-state index contributed by atoms with van der Waals surface area (Å²) in [6, 6.07) is 0.655. The van der Waals surface area contributed by atoms with Gasteiger partial charge in [-0.3, -0.25) is 9.89 Å². The van der Waals surface area contributed by atoms with Crippen LogP contribution in [0.15, 0.2) is 4.99 Å². The third kappa shape index (κ3) is 7.95. The second-order valence-electron chi connectivity index (χ2n) is 9.88. The van der Waals surface area contributed by atoms with Gasteiger partial charge in [0.2, 0.25) is 0 Å². The molecule has 3 unspecified atom stereocenters. The highest BCUT2D eigenvalue weighted by Crippen LogP contribution is 2.22. The molecule has 2 rings (SSSR count). The van der Waals surface area contributed by atoms with Gasteiger partial charge in [-0.05, 0) is 52.5 Å². The Morgan fingerprint density at radius 2 is 2.10 bits per heavy atom. The summed E-state index contributed by atoms with van der Waals surface area (Å²) < 4.78 is 11.5. The zero-order valence-electron chi connectivity index (χ0n) is 20.0. The third-order valence-corrected chi connectivity index (χ3v) is 5.81. The second kappa shape index (κ2) is 11.2. The number of hydrogen-bond donors (Lipinski definition) is 2. The summed E-state index contributed by atoms with van der Waals surface area (Å²) in [6.45, 7) is 14.4. The van der Waals surface area contributed by atoms with Gasteiger partial charge in [0.15, 0.2) is 5.96 Å². The number of fused-ring (bicyclic) bond motifs is 1. The number of rotatable bonds is 7. The maximum absolute atomic E-state index is 12.2. The summed E-state index contributed by atoms with van der Waals surface area (Å²) in [4.78, 5) is 21.2. The van der Waals surface area contributed by atoms with Gasteiger partial charge < -0.3 is 25.0 Å². The van der Waals surface area contributed by atoms with Gasteiger partial charge in [0.05, 0.1) is 12.7 Å². The van der Waals surface area contributed by atoms with Crippen molar-refractivity contribution >= 4 is 12.1 Å². The molecule has 2 fully saturated rings. The van der Waals surface area contributed by atoms with Crippen LogP contribution in [-0.2, 0) is 9.47 Å². The molecule has 0 aromatic rings. The molecule has 0 aromatic carbocycles. The molecule has 2 saturated heterocycles. The van der Waals surface area contributed by atoms with Crippen LogP contribution in [0.4, 0.5) is 4.79 Å². The van der Waals surface area contributed by atoms with Gasteiger partial charge >= 0.3 is 6.09 Å². The van der Waals surface area contributed by atoms with Crippen molar-refractivity contribution in [2.75, 3.05) is 46.9 Å². The van der Waals surface area contributed by atoms with E-state index in [9.17, 15) is 4.79 Å². The van der Waals surface area contributed by atoms with Gasteiger partial charge in [-0.15, -0.1) is 0 Å². The summed E-state index contributed by atoms with van der Waals surface area (Å²) in [5.74, 6) is 1.16. The largest absolute Gasteiger partial charge is 0.444 e. The number of nitrogens with one attached hydrogen (secondary N) is 2. The number of carbonyl (C=O) groups is 1. The number of carbonyl (C=O) groups excluding carboxylic acids is 1. The van der Waals surface area contributed by atoms with Gasteiger partial charge in [0.25, 0.3) is 0 Å². The first-order valence-corrected chi connectivity index (χ1v) is 11.4. The number of guanidine groups is 1. The monoisotopic (exact) mass is 425 g/mol. The van der Waals surface area contributed by atoms with E-state index in [4.69, 9.17) is 9.47 Å². The molecule has 0 spiro atoms. The van der Waals surface area contributed by atoms with Crippen molar-refractivity contribution in [2.45, 2.75) is 77.7 Å². The third-order valence-electron chi connectivity index (χ3n) is 5.81. The molecule has 2 aliphatic heterocycles. The molecule has 2 N–H and O–H groups in total. The number of morpholine rings is 1. The van der Waals surface area contributed by atoms with E-state index in [1.54, 1.807) is 7.05 Å². The highest BCUT2D eigenvalue weighted by molar-refractivity contribution is 5.79. The van der Waals surface area contributed by atoms with E-state index >= 15 is 0 Å². The van der Waals surface area contributed by atoms with Crippen molar-refractivity contribution in [3.05, 3.63) is 0 Å². The first-order chi connectivity index (χ1) is 14.1. The van der Waals surface area contributed by atoms with E-state index in [1.165, 1.54) is 19.4 Å². The first kappa shape index (κ1) is 24.7. The van der Waals surface area contributed by atoms with E-state index in [-0.39, 0.29) is 18.2 Å². The zero-order chi connectivity index (χ0) is 22.3. The zero-order valence-corrected chi connectivity index (χ0v) is 20.0. The van der Waals surface area contributed by atoms with Crippen molar-refractivity contribution in [3.8, 4) is 0 Å². The molecule has 30 heavy (non-hydrogen) atoms. The van der Waals surface area contributed by atoms with Gasteiger partial charge in [-0.1, -0.05) is 13.8 Å². The van der Waals surface area contributed by atoms with E-state index < -0.39 is 5.60 Å². The van der Waals surface area contributed by atoms with E-state index in [2.05, 4.69) is 39.3 Å². The second-order valence-corrected chi connectivity index (χ2v) is 9.88. The Hall–Kier alpha value is -1.54. The van der Waals surface area contributed by atoms with Crippen LogP contribution in [0.2, 0.25) is 0 Å². The minimum Gasteiger partial charge on any atom is -0.444 e. The van der Waals surface area contributed by atoms with Gasteiger partial charge in [-0.25, -0.2) is 4.79 Å². The smallest absolute Gasteiger partial charge is 0.407 e.